The topological polar surface area (TPSA) is 33.7 Å². The molecule has 1 rings (SSSR count). The summed E-state index contributed by atoms with van der Waals surface area (Å²) < 4.78 is 10.8. The molecule has 1 unspecified atom stereocenters. The first kappa shape index (κ1) is 16.8. The second-order valence-electron chi connectivity index (χ2n) is 5.01. The molecular formula is C16H28N2O2. The van der Waals surface area contributed by atoms with Crippen LogP contribution in [0.4, 0.5) is 0 Å². The van der Waals surface area contributed by atoms with E-state index in [4.69, 9.17) is 9.47 Å². The van der Waals surface area contributed by atoms with Gasteiger partial charge in [0.1, 0.15) is 18.1 Å². The first-order valence-electron chi connectivity index (χ1n) is 7.35. The fourth-order valence-electron chi connectivity index (χ4n) is 1.83. The Morgan fingerprint density at radius 2 is 1.80 bits per heavy atom. The van der Waals surface area contributed by atoms with Crippen molar-refractivity contribution in [2.75, 3.05) is 40.4 Å². The van der Waals surface area contributed by atoms with E-state index in [1.54, 1.807) is 7.11 Å². The molecule has 1 atom stereocenters. The van der Waals surface area contributed by atoms with Crippen molar-refractivity contribution >= 4 is 0 Å². The Morgan fingerprint density at radius 3 is 2.40 bits per heavy atom. The van der Waals surface area contributed by atoms with E-state index in [9.17, 15) is 0 Å². The Balaban J connectivity index is 2.07. The Kier molecular flexibility index (Phi) is 8.07. The quantitative estimate of drug-likeness (QED) is 0.667. The van der Waals surface area contributed by atoms with E-state index in [0.29, 0.717) is 12.6 Å². The lowest BCUT2D eigenvalue weighted by atomic mass is 10.2. The van der Waals surface area contributed by atoms with Crippen LogP contribution in [-0.4, -0.2) is 51.3 Å². The fourth-order valence-corrected chi connectivity index (χ4v) is 1.83. The summed E-state index contributed by atoms with van der Waals surface area (Å²) in [4.78, 5) is 2.37. The van der Waals surface area contributed by atoms with Gasteiger partial charge in [0.15, 0.2) is 0 Å². The van der Waals surface area contributed by atoms with Crippen LogP contribution in [0, 0.1) is 0 Å². The molecule has 0 aromatic heterocycles. The number of benzene rings is 1. The number of hydrogen-bond acceptors (Lipinski definition) is 4. The summed E-state index contributed by atoms with van der Waals surface area (Å²) in [5, 5.41) is 3.40. The van der Waals surface area contributed by atoms with Gasteiger partial charge in [-0.25, -0.2) is 0 Å². The minimum Gasteiger partial charge on any atom is -0.497 e. The molecule has 0 heterocycles. The van der Waals surface area contributed by atoms with E-state index in [1.807, 2.05) is 24.3 Å². The van der Waals surface area contributed by atoms with E-state index >= 15 is 0 Å². The maximum Gasteiger partial charge on any atom is 0.119 e. The zero-order valence-electron chi connectivity index (χ0n) is 13.2. The summed E-state index contributed by atoms with van der Waals surface area (Å²) in [5.74, 6) is 1.73. The summed E-state index contributed by atoms with van der Waals surface area (Å²) in [6.07, 6.45) is 1.19. The molecule has 0 amide bonds. The zero-order valence-corrected chi connectivity index (χ0v) is 13.2. The molecule has 0 saturated heterocycles. The molecule has 1 aromatic rings. The summed E-state index contributed by atoms with van der Waals surface area (Å²) in [6.45, 7) is 8.08. The normalized spacial score (nSPS) is 12.4. The van der Waals surface area contributed by atoms with E-state index in [0.717, 1.165) is 31.1 Å². The molecule has 0 aliphatic heterocycles. The third-order valence-corrected chi connectivity index (χ3v) is 3.59. The summed E-state index contributed by atoms with van der Waals surface area (Å²) >= 11 is 0. The van der Waals surface area contributed by atoms with Crippen LogP contribution in [0.1, 0.15) is 20.3 Å². The number of likely N-dealkylation sites (N-methyl/N-ethyl adjacent to an activating group) is 1. The Morgan fingerprint density at radius 1 is 1.15 bits per heavy atom. The molecule has 0 spiro atoms. The van der Waals surface area contributed by atoms with Crippen LogP contribution >= 0.6 is 0 Å². The van der Waals surface area contributed by atoms with Crippen molar-refractivity contribution < 1.29 is 9.47 Å². The van der Waals surface area contributed by atoms with Gasteiger partial charge in [-0.05, 0) is 44.7 Å². The highest BCUT2D eigenvalue weighted by molar-refractivity contribution is 5.31. The van der Waals surface area contributed by atoms with Crippen LogP contribution in [-0.2, 0) is 0 Å². The molecule has 20 heavy (non-hydrogen) atoms. The van der Waals surface area contributed by atoms with Crippen LogP contribution in [0.2, 0.25) is 0 Å². The lowest BCUT2D eigenvalue weighted by Gasteiger charge is -2.23. The maximum absolute atomic E-state index is 5.65. The summed E-state index contributed by atoms with van der Waals surface area (Å²) in [6, 6.07) is 8.31. The molecule has 0 aliphatic carbocycles. The molecule has 0 saturated carbocycles. The van der Waals surface area contributed by atoms with Crippen molar-refractivity contribution in [2.45, 2.75) is 26.3 Å². The SMILES string of the molecule is CCC(C)N(C)CCNCCOc1ccc(OC)cc1. The van der Waals surface area contributed by atoms with Gasteiger partial charge < -0.3 is 19.7 Å². The third kappa shape index (κ3) is 6.26. The van der Waals surface area contributed by atoms with Gasteiger partial charge in [0.2, 0.25) is 0 Å². The van der Waals surface area contributed by atoms with Crippen LogP contribution in [0.15, 0.2) is 24.3 Å². The second-order valence-corrected chi connectivity index (χ2v) is 5.01. The Hall–Kier alpha value is -1.26. The predicted molar refractivity (Wildman–Crippen MR) is 83.7 cm³/mol. The van der Waals surface area contributed by atoms with E-state index in [-0.39, 0.29) is 0 Å². The second kappa shape index (κ2) is 9.61. The van der Waals surface area contributed by atoms with Gasteiger partial charge in [-0.3, -0.25) is 0 Å². The monoisotopic (exact) mass is 280 g/mol. The predicted octanol–water partition coefficient (Wildman–Crippen LogP) is 2.39. The van der Waals surface area contributed by atoms with Gasteiger partial charge in [0.25, 0.3) is 0 Å². The van der Waals surface area contributed by atoms with Crippen LogP contribution in [0.3, 0.4) is 0 Å². The van der Waals surface area contributed by atoms with E-state index < -0.39 is 0 Å². The number of nitrogens with one attached hydrogen (secondary N) is 1. The minimum atomic E-state index is 0.646. The van der Waals surface area contributed by atoms with Crippen molar-refractivity contribution in [3.8, 4) is 11.5 Å². The summed E-state index contributed by atoms with van der Waals surface area (Å²) in [5.41, 5.74) is 0. The number of hydrogen-bond donors (Lipinski definition) is 1. The van der Waals surface area contributed by atoms with Gasteiger partial charge >= 0.3 is 0 Å². The third-order valence-electron chi connectivity index (χ3n) is 3.59. The molecule has 4 nitrogen and oxygen atoms in total. The van der Waals surface area contributed by atoms with Gasteiger partial charge in [-0.15, -0.1) is 0 Å². The van der Waals surface area contributed by atoms with E-state index in [2.05, 4.69) is 31.1 Å². The van der Waals surface area contributed by atoms with Crippen molar-refractivity contribution in [1.82, 2.24) is 10.2 Å². The average Bonchev–Trinajstić information content (AvgIpc) is 2.50. The van der Waals surface area contributed by atoms with Crippen LogP contribution in [0.5, 0.6) is 11.5 Å². The molecule has 0 radical (unpaired) electrons. The summed E-state index contributed by atoms with van der Waals surface area (Å²) in [7, 11) is 3.83. The lowest BCUT2D eigenvalue weighted by molar-refractivity contribution is 0.247. The molecular weight excluding hydrogens is 252 g/mol. The van der Waals surface area contributed by atoms with Gasteiger partial charge in [-0.2, -0.15) is 0 Å². The molecule has 4 heteroatoms. The molecule has 0 aliphatic rings. The number of nitrogens with zero attached hydrogens (tertiary/aromatic N) is 1. The molecule has 0 bridgehead atoms. The molecule has 1 aromatic carbocycles. The molecule has 114 valence electrons. The number of ether oxygens (including phenoxy) is 2. The van der Waals surface area contributed by atoms with Crippen molar-refractivity contribution in [2.24, 2.45) is 0 Å². The minimum absolute atomic E-state index is 0.646. The van der Waals surface area contributed by atoms with Gasteiger partial charge in [0, 0.05) is 25.7 Å². The van der Waals surface area contributed by atoms with Crippen molar-refractivity contribution in [1.29, 1.82) is 0 Å². The van der Waals surface area contributed by atoms with E-state index in [1.165, 1.54) is 6.42 Å². The highest BCUT2D eigenvalue weighted by Gasteiger charge is 2.04. The maximum atomic E-state index is 5.65. The van der Waals surface area contributed by atoms with Crippen LogP contribution < -0.4 is 14.8 Å². The zero-order chi connectivity index (χ0) is 14.8. The van der Waals surface area contributed by atoms with Gasteiger partial charge in [-0.1, -0.05) is 6.92 Å². The Labute approximate surface area is 123 Å². The fraction of sp³-hybridized carbons (Fsp3) is 0.625. The average molecular weight is 280 g/mol. The number of methoxy groups -OCH3 is 1. The van der Waals surface area contributed by atoms with Crippen LogP contribution in [0.25, 0.3) is 0 Å². The standard InChI is InChI=1S/C16H28N2O2/c1-5-14(2)18(3)12-10-17-11-13-20-16-8-6-15(19-4)7-9-16/h6-9,14,17H,5,10-13H2,1-4H3. The number of rotatable bonds is 10. The molecule has 0 fully saturated rings. The van der Waals surface area contributed by atoms with Gasteiger partial charge in [0.05, 0.1) is 7.11 Å². The van der Waals surface area contributed by atoms with Crippen molar-refractivity contribution in [3.63, 3.8) is 0 Å². The first-order chi connectivity index (χ1) is 9.67. The largest absolute Gasteiger partial charge is 0.497 e. The molecule has 1 N–H and O–H groups in total. The Bertz CT molecular complexity index is 354. The lowest BCUT2D eigenvalue weighted by Crippen LogP contribution is -2.36. The highest BCUT2D eigenvalue weighted by atomic mass is 16.5. The van der Waals surface area contributed by atoms with Crippen molar-refractivity contribution in [3.05, 3.63) is 24.3 Å². The highest BCUT2D eigenvalue weighted by Crippen LogP contribution is 2.16. The first-order valence-corrected chi connectivity index (χ1v) is 7.35. The smallest absolute Gasteiger partial charge is 0.119 e.